The smallest absolute Gasteiger partial charge is 0.161 e. The Hall–Kier alpha value is -2.16. The molecule has 0 atom stereocenters. The third-order valence-corrected chi connectivity index (χ3v) is 2.33. The Labute approximate surface area is 101 Å². The van der Waals surface area contributed by atoms with Crippen LogP contribution in [0.5, 0.6) is 11.5 Å². The van der Waals surface area contributed by atoms with Crippen molar-refractivity contribution in [1.29, 1.82) is 0 Å². The van der Waals surface area contributed by atoms with E-state index in [2.05, 4.69) is 5.32 Å². The van der Waals surface area contributed by atoms with Gasteiger partial charge in [0, 0.05) is 12.2 Å². The predicted molar refractivity (Wildman–Crippen MR) is 68.5 cm³/mol. The van der Waals surface area contributed by atoms with Crippen LogP contribution in [0.25, 0.3) is 0 Å². The summed E-state index contributed by atoms with van der Waals surface area (Å²) < 4.78 is 5.45. The summed E-state index contributed by atoms with van der Waals surface area (Å²) in [5.74, 6) is 0.689. The molecule has 0 spiro atoms. The van der Waals surface area contributed by atoms with Crippen LogP contribution in [0.1, 0.15) is 0 Å². The number of nitrogens with one attached hydrogen (secondary N) is 1. The van der Waals surface area contributed by atoms with Crippen molar-refractivity contribution in [2.24, 2.45) is 0 Å². The van der Waals surface area contributed by atoms with E-state index in [1.54, 1.807) is 18.2 Å². The van der Waals surface area contributed by atoms with Crippen LogP contribution in [-0.2, 0) is 0 Å². The first-order valence-electron chi connectivity index (χ1n) is 5.56. The number of anilines is 1. The lowest BCUT2D eigenvalue weighted by atomic mass is 10.3. The average molecular weight is 229 g/mol. The molecule has 2 N–H and O–H groups in total. The third-order valence-electron chi connectivity index (χ3n) is 2.33. The Kier molecular flexibility index (Phi) is 3.86. The second-order valence-corrected chi connectivity index (χ2v) is 3.61. The number of aromatic hydroxyl groups is 1. The van der Waals surface area contributed by atoms with Crippen molar-refractivity contribution in [3.63, 3.8) is 0 Å². The number of rotatable bonds is 5. The molecule has 0 saturated heterocycles. The van der Waals surface area contributed by atoms with E-state index in [-0.39, 0.29) is 5.75 Å². The lowest BCUT2D eigenvalue weighted by Gasteiger charge is -2.09. The average Bonchev–Trinajstić information content (AvgIpc) is 2.38. The van der Waals surface area contributed by atoms with Gasteiger partial charge < -0.3 is 15.2 Å². The van der Waals surface area contributed by atoms with Crippen molar-refractivity contribution in [2.75, 3.05) is 18.5 Å². The van der Waals surface area contributed by atoms with E-state index in [1.807, 2.05) is 36.4 Å². The quantitative estimate of drug-likeness (QED) is 0.775. The minimum Gasteiger partial charge on any atom is -0.504 e. The van der Waals surface area contributed by atoms with Crippen molar-refractivity contribution < 1.29 is 9.84 Å². The van der Waals surface area contributed by atoms with Crippen LogP contribution in [0.4, 0.5) is 5.69 Å². The third kappa shape index (κ3) is 3.41. The normalized spacial score (nSPS) is 9.88. The number of phenols is 1. The first-order chi connectivity index (χ1) is 8.36. The van der Waals surface area contributed by atoms with E-state index < -0.39 is 0 Å². The summed E-state index contributed by atoms with van der Waals surface area (Å²) >= 11 is 0. The molecule has 0 heterocycles. The molecule has 2 rings (SSSR count). The Morgan fingerprint density at radius 2 is 1.65 bits per heavy atom. The maximum absolute atomic E-state index is 9.48. The zero-order chi connectivity index (χ0) is 11.9. The van der Waals surface area contributed by atoms with Crippen molar-refractivity contribution in [1.82, 2.24) is 0 Å². The predicted octanol–water partition coefficient (Wildman–Crippen LogP) is 2.88. The number of ether oxygens (including phenoxy) is 1. The summed E-state index contributed by atoms with van der Waals surface area (Å²) in [6.45, 7) is 1.20. The van der Waals surface area contributed by atoms with E-state index in [0.29, 0.717) is 18.9 Å². The van der Waals surface area contributed by atoms with Crippen molar-refractivity contribution in [3.8, 4) is 11.5 Å². The maximum atomic E-state index is 9.48. The molecule has 0 aliphatic rings. The van der Waals surface area contributed by atoms with Gasteiger partial charge in [-0.15, -0.1) is 0 Å². The SMILES string of the molecule is Oc1ccccc1OCCNc1ccccc1. The van der Waals surface area contributed by atoms with Gasteiger partial charge in [0.1, 0.15) is 6.61 Å². The summed E-state index contributed by atoms with van der Waals surface area (Å²) in [4.78, 5) is 0. The van der Waals surface area contributed by atoms with Crippen molar-refractivity contribution in [3.05, 3.63) is 54.6 Å². The fourth-order valence-corrected chi connectivity index (χ4v) is 1.49. The molecule has 0 amide bonds. The largest absolute Gasteiger partial charge is 0.504 e. The molecule has 0 fully saturated rings. The molecule has 3 nitrogen and oxygen atoms in total. The van der Waals surface area contributed by atoms with Crippen LogP contribution in [0.2, 0.25) is 0 Å². The monoisotopic (exact) mass is 229 g/mol. The Bertz CT molecular complexity index is 457. The van der Waals surface area contributed by atoms with Crippen LogP contribution < -0.4 is 10.1 Å². The van der Waals surface area contributed by atoms with Gasteiger partial charge in [-0.05, 0) is 24.3 Å². The van der Waals surface area contributed by atoms with Gasteiger partial charge in [-0.3, -0.25) is 0 Å². The summed E-state index contributed by atoms with van der Waals surface area (Å²) in [6.07, 6.45) is 0. The molecular weight excluding hydrogens is 214 g/mol. The van der Waals surface area contributed by atoms with Gasteiger partial charge in [0.2, 0.25) is 0 Å². The highest BCUT2D eigenvalue weighted by molar-refractivity contribution is 5.42. The molecular formula is C14H15NO2. The van der Waals surface area contributed by atoms with Crippen LogP contribution >= 0.6 is 0 Å². The number of hydrogen-bond donors (Lipinski definition) is 2. The van der Waals surface area contributed by atoms with E-state index in [0.717, 1.165) is 5.69 Å². The van der Waals surface area contributed by atoms with E-state index in [4.69, 9.17) is 4.74 Å². The van der Waals surface area contributed by atoms with Crippen molar-refractivity contribution >= 4 is 5.69 Å². The summed E-state index contributed by atoms with van der Waals surface area (Å²) in [7, 11) is 0. The molecule has 0 aliphatic carbocycles. The minimum absolute atomic E-state index is 0.173. The molecule has 0 unspecified atom stereocenters. The molecule has 3 heteroatoms. The highest BCUT2D eigenvalue weighted by Gasteiger charge is 1.99. The zero-order valence-electron chi connectivity index (χ0n) is 9.47. The molecule has 88 valence electrons. The van der Waals surface area contributed by atoms with Crippen LogP contribution in [0.3, 0.4) is 0 Å². The standard InChI is InChI=1S/C14H15NO2/c16-13-8-4-5-9-14(13)17-11-10-15-12-6-2-1-3-7-12/h1-9,15-16H,10-11H2. The van der Waals surface area contributed by atoms with Gasteiger partial charge in [0.25, 0.3) is 0 Å². The van der Waals surface area contributed by atoms with Gasteiger partial charge >= 0.3 is 0 Å². The Balaban J connectivity index is 1.76. The summed E-state index contributed by atoms with van der Waals surface area (Å²) in [6, 6.07) is 16.9. The summed E-state index contributed by atoms with van der Waals surface area (Å²) in [5, 5.41) is 12.7. The van der Waals surface area contributed by atoms with Gasteiger partial charge in [0.15, 0.2) is 11.5 Å². The number of benzene rings is 2. The highest BCUT2D eigenvalue weighted by atomic mass is 16.5. The van der Waals surface area contributed by atoms with Crippen LogP contribution in [-0.4, -0.2) is 18.3 Å². The maximum Gasteiger partial charge on any atom is 0.161 e. The second kappa shape index (κ2) is 5.80. The van der Waals surface area contributed by atoms with E-state index >= 15 is 0 Å². The van der Waals surface area contributed by atoms with E-state index in [9.17, 15) is 5.11 Å². The topological polar surface area (TPSA) is 41.5 Å². The summed E-state index contributed by atoms with van der Waals surface area (Å²) in [5.41, 5.74) is 1.06. The van der Waals surface area contributed by atoms with Gasteiger partial charge in [-0.1, -0.05) is 30.3 Å². The zero-order valence-corrected chi connectivity index (χ0v) is 9.47. The lowest BCUT2D eigenvalue weighted by molar-refractivity contribution is 0.312. The molecule has 0 aliphatic heterocycles. The first kappa shape index (κ1) is 11.3. The molecule has 2 aromatic carbocycles. The second-order valence-electron chi connectivity index (χ2n) is 3.61. The Morgan fingerprint density at radius 1 is 0.941 bits per heavy atom. The molecule has 0 aromatic heterocycles. The lowest BCUT2D eigenvalue weighted by Crippen LogP contribution is -2.11. The molecule has 0 radical (unpaired) electrons. The number of para-hydroxylation sites is 3. The highest BCUT2D eigenvalue weighted by Crippen LogP contribution is 2.23. The fourth-order valence-electron chi connectivity index (χ4n) is 1.49. The first-order valence-corrected chi connectivity index (χ1v) is 5.56. The Morgan fingerprint density at radius 3 is 2.41 bits per heavy atom. The fraction of sp³-hybridized carbons (Fsp3) is 0.143. The number of phenolic OH excluding ortho intramolecular Hbond substituents is 1. The van der Waals surface area contributed by atoms with Crippen LogP contribution in [0.15, 0.2) is 54.6 Å². The molecule has 2 aromatic rings. The minimum atomic E-state index is 0.173. The van der Waals surface area contributed by atoms with Gasteiger partial charge in [-0.2, -0.15) is 0 Å². The molecule has 0 bridgehead atoms. The molecule has 17 heavy (non-hydrogen) atoms. The number of hydrogen-bond acceptors (Lipinski definition) is 3. The van der Waals surface area contributed by atoms with Crippen molar-refractivity contribution in [2.45, 2.75) is 0 Å². The van der Waals surface area contributed by atoms with E-state index in [1.165, 1.54) is 0 Å². The van der Waals surface area contributed by atoms with Gasteiger partial charge in [-0.25, -0.2) is 0 Å². The molecule has 0 saturated carbocycles. The van der Waals surface area contributed by atoms with Crippen LogP contribution in [0, 0.1) is 0 Å². The van der Waals surface area contributed by atoms with Gasteiger partial charge in [0.05, 0.1) is 0 Å².